The predicted octanol–water partition coefficient (Wildman–Crippen LogP) is 11.4. The summed E-state index contributed by atoms with van der Waals surface area (Å²) >= 11 is 0. The second-order valence-corrected chi connectivity index (χ2v) is 15.9. The molecule has 56 heavy (non-hydrogen) atoms. The van der Waals surface area contributed by atoms with Crippen LogP contribution in [0.4, 0.5) is 0 Å². The van der Waals surface area contributed by atoms with Crippen molar-refractivity contribution in [1.82, 2.24) is 0 Å². The van der Waals surface area contributed by atoms with Gasteiger partial charge in [0.15, 0.2) is 6.10 Å². The Labute approximate surface area is 339 Å². The van der Waals surface area contributed by atoms with Crippen molar-refractivity contribution in [3.05, 3.63) is 48.6 Å². The first-order chi connectivity index (χ1) is 27.1. The van der Waals surface area contributed by atoms with Crippen LogP contribution in [0.15, 0.2) is 48.6 Å². The topological polar surface area (TPSA) is 172 Å². The number of esters is 2. The van der Waals surface area contributed by atoms with E-state index in [2.05, 4.69) is 67.0 Å². The molecule has 0 saturated carbocycles. The summed E-state index contributed by atoms with van der Waals surface area (Å²) in [5, 5.41) is 8.88. The Balaban J connectivity index is 4.41. The van der Waals surface area contributed by atoms with Crippen LogP contribution in [0.3, 0.4) is 0 Å². The van der Waals surface area contributed by atoms with E-state index in [0.29, 0.717) is 12.8 Å². The Kier molecular flexibility index (Phi) is 37.5. The third-order valence-electron chi connectivity index (χ3n) is 9.08. The van der Waals surface area contributed by atoms with Gasteiger partial charge in [0.05, 0.1) is 13.2 Å². The lowest BCUT2D eigenvalue weighted by atomic mass is 10.0. The van der Waals surface area contributed by atoms with Crippen LogP contribution in [0, 0.1) is 0 Å². The lowest BCUT2D eigenvalue weighted by Crippen LogP contribution is -2.34. The first kappa shape index (κ1) is 53.4. The van der Waals surface area contributed by atoms with Gasteiger partial charge in [-0.25, -0.2) is 4.57 Å². The van der Waals surface area contributed by atoms with Gasteiger partial charge in [0.2, 0.25) is 0 Å². The Morgan fingerprint density at radius 2 is 0.946 bits per heavy atom. The largest absolute Gasteiger partial charge is 0.480 e. The number of rotatable bonds is 40. The van der Waals surface area contributed by atoms with Crippen molar-refractivity contribution < 1.29 is 47.5 Å². The highest BCUT2D eigenvalue weighted by molar-refractivity contribution is 7.47. The zero-order valence-electron chi connectivity index (χ0n) is 35.0. The van der Waals surface area contributed by atoms with Gasteiger partial charge in [-0.2, -0.15) is 0 Å². The fraction of sp³-hybridized carbons (Fsp3) is 0.750. The molecular weight excluding hydrogens is 733 g/mol. The van der Waals surface area contributed by atoms with Gasteiger partial charge in [-0.3, -0.25) is 23.4 Å². The standard InChI is InChI=1S/C44H78NO10P/c1-3-5-7-9-11-13-15-17-18-19-20-21-22-24-25-27-29-31-33-35-42(46)52-37-40(38-53-56(50,51)54-39-41(45)44(48)49)55-43(47)36-34-32-30-28-26-23-16-14-12-10-8-6-4-2/h11,13,17-18,20-21,24-25,40-41H,3-10,12,14-16,19,22-23,26-39,45H2,1-2H3,(H,48,49)(H,50,51)/b13-11+,18-17+,21-20+,25-24+/t40-,41+/m0/s1. The minimum atomic E-state index is -4.72. The van der Waals surface area contributed by atoms with Crippen molar-refractivity contribution in [2.75, 3.05) is 19.8 Å². The van der Waals surface area contributed by atoms with E-state index in [4.69, 9.17) is 24.8 Å². The molecule has 0 aromatic carbocycles. The lowest BCUT2D eigenvalue weighted by molar-refractivity contribution is -0.161. The van der Waals surface area contributed by atoms with E-state index in [-0.39, 0.29) is 19.4 Å². The van der Waals surface area contributed by atoms with Gasteiger partial charge in [0, 0.05) is 12.8 Å². The number of nitrogens with two attached hydrogens (primary N) is 1. The summed E-state index contributed by atoms with van der Waals surface area (Å²) in [6, 6.07) is -1.53. The second-order valence-electron chi connectivity index (χ2n) is 14.5. The summed E-state index contributed by atoms with van der Waals surface area (Å²) < 4.78 is 32.6. The molecule has 11 nitrogen and oxygen atoms in total. The molecule has 0 fully saturated rings. The average Bonchev–Trinajstić information content (AvgIpc) is 3.17. The highest BCUT2D eigenvalue weighted by Crippen LogP contribution is 2.43. The van der Waals surface area contributed by atoms with Gasteiger partial charge in [0.1, 0.15) is 12.6 Å². The number of carboxylic acid groups (broad SMARTS) is 1. The highest BCUT2D eigenvalue weighted by atomic mass is 31.2. The van der Waals surface area contributed by atoms with Crippen LogP contribution < -0.4 is 5.73 Å². The van der Waals surface area contributed by atoms with Crippen LogP contribution in [-0.4, -0.2) is 59.9 Å². The molecule has 0 aromatic heterocycles. The molecule has 0 aliphatic heterocycles. The summed E-state index contributed by atoms with van der Waals surface area (Å²) in [5.74, 6) is -2.42. The fourth-order valence-electron chi connectivity index (χ4n) is 5.64. The molecule has 0 spiro atoms. The molecule has 12 heteroatoms. The molecule has 1 unspecified atom stereocenters. The maximum Gasteiger partial charge on any atom is 0.472 e. The summed E-state index contributed by atoms with van der Waals surface area (Å²) in [6.07, 6.45) is 43.1. The summed E-state index contributed by atoms with van der Waals surface area (Å²) in [5.41, 5.74) is 5.33. The predicted molar refractivity (Wildman–Crippen MR) is 226 cm³/mol. The molecule has 3 atom stereocenters. The molecule has 4 N–H and O–H groups in total. The van der Waals surface area contributed by atoms with Gasteiger partial charge >= 0.3 is 25.7 Å². The highest BCUT2D eigenvalue weighted by Gasteiger charge is 2.28. The second kappa shape index (κ2) is 39.3. The summed E-state index contributed by atoms with van der Waals surface area (Å²) in [4.78, 5) is 45.9. The van der Waals surface area contributed by atoms with Crippen LogP contribution in [0.5, 0.6) is 0 Å². The number of carboxylic acids is 1. The number of hydrogen-bond acceptors (Lipinski definition) is 9. The van der Waals surface area contributed by atoms with Gasteiger partial charge in [-0.05, 0) is 57.8 Å². The number of carbonyl (C=O) groups excluding carboxylic acids is 2. The van der Waals surface area contributed by atoms with Crippen molar-refractivity contribution in [3.8, 4) is 0 Å². The minimum absolute atomic E-state index is 0.155. The summed E-state index contributed by atoms with van der Waals surface area (Å²) in [6.45, 7) is 2.74. The van der Waals surface area contributed by atoms with E-state index in [1.54, 1.807) is 0 Å². The van der Waals surface area contributed by atoms with Crippen LogP contribution in [0.1, 0.15) is 181 Å². The molecule has 0 aliphatic carbocycles. The monoisotopic (exact) mass is 812 g/mol. The molecule has 324 valence electrons. The van der Waals surface area contributed by atoms with E-state index in [9.17, 15) is 23.8 Å². The number of phosphoric acid groups is 1. The Morgan fingerprint density at radius 1 is 0.554 bits per heavy atom. The van der Waals surface area contributed by atoms with Gasteiger partial charge in [0.25, 0.3) is 0 Å². The summed E-state index contributed by atoms with van der Waals surface area (Å²) in [7, 11) is -4.72. The van der Waals surface area contributed by atoms with Crippen molar-refractivity contribution in [1.29, 1.82) is 0 Å². The smallest absolute Gasteiger partial charge is 0.472 e. The fourth-order valence-corrected chi connectivity index (χ4v) is 6.41. The van der Waals surface area contributed by atoms with Gasteiger partial charge < -0.3 is 25.2 Å². The van der Waals surface area contributed by atoms with Crippen molar-refractivity contribution >= 4 is 25.7 Å². The number of carbonyl (C=O) groups is 3. The first-order valence-corrected chi connectivity index (χ1v) is 23.2. The van der Waals surface area contributed by atoms with Gasteiger partial charge in [-0.1, -0.05) is 159 Å². The number of hydrogen-bond donors (Lipinski definition) is 3. The van der Waals surface area contributed by atoms with Crippen molar-refractivity contribution in [2.45, 2.75) is 193 Å². The van der Waals surface area contributed by atoms with E-state index in [1.807, 2.05) is 0 Å². The number of phosphoric ester groups is 1. The average molecular weight is 812 g/mol. The molecule has 0 rings (SSSR count). The zero-order valence-corrected chi connectivity index (χ0v) is 35.9. The van der Waals surface area contributed by atoms with E-state index < -0.39 is 51.1 Å². The first-order valence-electron chi connectivity index (χ1n) is 21.7. The lowest BCUT2D eigenvalue weighted by Gasteiger charge is -2.20. The van der Waals surface area contributed by atoms with E-state index >= 15 is 0 Å². The van der Waals surface area contributed by atoms with Crippen LogP contribution in [0.2, 0.25) is 0 Å². The van der Waals surface area contributed by atoms with E-state index in [0.717, 1.165) is 57.8 Å². The number of aliphatic carboxylic acids is 1. The Hall–Kier alpha value is -2.56. The molecule has 0 heterocycles. The van der Waals surface area contributed by atoms with Crippen LogP contribution >= 0.6 is 7.82 Å². The SMILES string of the molecule is CCCCC/C=C/C/C=C/C/C=C/C/C=C/CCCCCC(=O)OC[C@@H](COP(=O)(O)OC[C@@H](N)C(=O)O)OC(=O)CCCCCCCCCCCCCCC. The quantitative estimate of drug-likeness (QED) is 0.0233. The Morgan fingerprint density at radius 3 is 1.45 bits per heavy atom. The zero-order chi connectivity index (χ0) is 41.4. The molecule has 0 radical (unpaired) electrons. The molecule has 0 aliphatic rings. The molecular formula is C44H78NO10P. The molecule has 0 amide bonds. The van der Waals surface area contributed by atoms with Gasteiger partial charge in [-0.15, -0.1) is 0 Å². The third kappa shape index (κ3) is 38.3. The number of unbranched alkanes of at least 4 members (excludes halogenated alkanes) is 18. The van der Waals surface area contributed by atoms with Crippen LogP contribution in [0.25, 0.3) is 0 Å². The maximum atomic E-state index is 12.6. The molecule has 0 aromatic rings. The Bertz CT molecular complexity index is 1140. The van der Waals surface area contributed by atoms with Crippen molar-refractivity contribution in [2.24, 2.45) is 5.73 Å². The molecule has 0 bridgehead atoms. The molecule has 0 saturated heterocycles. The third-order valence-corrected chi connectivity index (χ3v) is 10.0. The van der Waals surface area contributed by atoms with Crippen molar-refractivity contribution in [3.63, 3.8) is 0 Å². The van der Waals surface area contributed by atoms with E-state index in [1.165, 1.54) is 83.5 Å². The number of allylic oxidation sites excluding steroid dienone is 8. The maximum absolute atomic E-state index is 12.6. The minimum Gasteiger partial charge on any atom is -0.480 e. The number of ether oxygens (including phenoxy) is 2. The normalized spacial score (nSPS) is 14.2. The van der Waals surface area contributed by atoms with Crippen LogP contribution in [-0.2, 0) is 37.5 Å².